The number of hydrogen-bond acceptors (Lipinski definition) is 4. The Bertz CT molecular complexity index is 227. The molecule has 0 saturated heterocycles. The second-order valence-corrected chi connectivity index (χ2v) is 1.88. The first-order valence-electron chi connectivity index (χ1n) is 2.45. The second-order valence-electron chi connectivity index (χ2n) is 1.44. The lowest BCUT2D eigenvalue weighted by Gasteiger charge is -1.96. The molecule has 11 heavy (non-hydrogen) atoms. The largest absolute Gasteiger partial charge is 0.304 e. The van der Waals surface area contributed by atoms with Gasteiger partial charge in [0.2, 0.25) is 5.95 Å². The molecule has 1 rings (SSSR count). The molecule has 0 aliphatic rings. The molecule has 0 fully saturated rings. The first-order chi connectivity index (χ1) is 4.79. The predicted octanol–water partition coefficient (Wildman–Crippen LogP) is 0.766. The summed E-state index contributed by atoms with van der Waals surface area (Å²) in [7, 11) is 0. The van der Waals surface area contributed by atoms with Gasteiger partial charge in [0.15, 0.2) is 5.17 Å². The van der Waals surface area contributed by atoms with Gasteiger partial charge < -0.3 is 5.32 Å². The summed E-state index contributed by atoms with van der Waals surface area (Å²) >= 11 is 3.68. The normalized spacial score (nSPS) is 8.09. The first-order valence-corrected chi connectivity index (χ1v) is 2.90. The summed E-state index contributed by atoms with van der Waals surface area (Å²) in [4.78, 5) is 11.0. The summed E-state index contributed by atoms with van der Waals surface area (Å²) in [6.07, 6.45) is 2.68. The van der Waals surface area contributed by atoms with Crippen molar-refractivity contribution in [2.75, 3.05) is 5.32 Å². The Labute approximate surface area is 86.0 Å². The zero-order valence-electron chi connectivity index (χ0n) is 5.35. The molecule has 1 aromatic heterocycles. The number of amidine groups is 1. The monoisotopic (exact) mass is 283 g/mol. The van der Waals surface area contributed by atoms with E-state index in [1.807, 2.05) is 0 Å². The lowest BCUT2D eigenvalue weighted by atomic mass is 10.9. The van der Waals surface area contributed by atoms with Crippen LogP contribution in [0.2, 0.25) is 0 Å². The topological polar surface area (TPSA) is 74.6 Å². The Morgan fingerprint density at radius 2 is 2.00 bits per heavy atom. The molecule has 2 N–H and O–H groups in total. The number of rotatable bonds is 1. The molecule has 60 valence electrons. The van der Waals surface area contributed by atoms with Gasteiger partial charge in [-0.3, -0.25) is 5.41 Å². The first kappa shape index (κ1) is 10.6. The van der Waals surface area contributed by atoms with Crippen molar-refractivity contribution in [3.63, 3.8) is 0 Å². The standard InChI is InChI=1S/C4H5N5S.HI/c5-3(10)9-4-7-1-6-2-8-4;/h1-2H,(H3,5,6,7,8,9,10);1H. The molecule has 5 nitrogen and oxygen atoms in total. The van der Waals surface area contributed by atoms with Crippen LogP contribution >= 0.6 is 36.6 Å². The zero-order chi connectivity index (χ0) is 7.40. The van der Waals surface area contributed by atoms with Gasteiger partial charge in [-0.25, -0.2) is 15.0 Å². The van der Waals surface area contributed by atoms with Crippen molar-refractivity contribution >= 4 is 47.7 Å². The maximum absolute atomic E-state index is 6.88. The van der Waals surface area contributed by atoms with Gasteiger partial charge in [0.05, 0.1) is 0 Å². The van der Waals surface area contributed by atoms with Crippen LogP contribution in [0.5, 0.6) is 0 Å². The van der Waals surface area contributed by atoms with E-state index in [0.29, 0.717) is 5.95 Å². The lowest BCUT2D eigenvalue weighted by Crippen LogP contribution is -2.05. The summed E-state index contributed by atoms with van der Waals surface area (Å²) in [6, 6.07) is 0. The van der Waals surface area contributed by atoms with Crippen molar-refractivity contribution in [3.8, 4) is 0 Å². The van der Waals surface area contributed by atoms with Crippen LogP contribution in [0.15, 0.2) is 12.7 Å². The fraction of sp³-hybridized carbons (Fsp3) is 0. The minimum Gasteiger partial charge on any atom is -0.304 e. The van der Waals surface area contributed by atoms with Crippen LogP contribution in [0.25, 0.3) is 0 Å². The molecular weight excluding hydrogens is 277 g/mol. The maximum Gasteiger partial charge on any atom is 0.231 e. The van der Waals surface area contributed by atoms with Gasteiger partial charge in [-0.15, -0.1) is 36.6 Å². The highest BCUT2D eigenvalue weighted by atomic mass is 127. The van der Waals surface area contributed by atoms with E-state index in [-0.39, 0.29) is 29.1 Å². The van der Waals surface area contributed by atoms with E-state index in [4.69, 9.17) is 5.41 Å². The van der Waals surface area contributed by atoms with E-state index in [0.717, 1.165) is 0 Å². The van der Waals surface area contributed by atoms with Gasteiger partial charge in [-0.1, -0.05) is 0 Å². The number of thiol groups is 1. The van der Waals surface area contributed by atoms with Gasteiger partial charge in [-0.05, 0) is 0 Å². The highest BCUT2D eigenvalue weighted by Gasteiger charge is 1.91. The van der Waals surface area contributed by atoms with Gasteiger partial charge in [-0.2, -0.15) is 0 Å². The average Bonchev–Trinajstić information content (AvgIpc) is 1.88. The van der Waals surface area contributed by atoms with E-state index in [2.05, 4.69) is 32.9 Å². The minimum atomic E-state index is 0. The summed E-state index contributed by atoms with van der Waals surface area (Å²) < 4.78 is 0. The van der Waals surface area contributed by atoms with Crippen LogP contribution < -0.4 is 5.32 Å². The molecule has 0 saturated carbocycles. The van der Waals surface area contributed by atoms with E-state index in [1.165, 1.54) is 12.7 Å². The van der Waals surface area contributed by atoms with Crippen molar-refractivity contribution in [3.05, 3.63) is 12.7 Å². The molecule has 1 aromatic rings. The Hall–Kier alpha value is -0.440. The number of anilines is 1. The van der Waals surface area contributed by atoms with Crippen molar-refractivity contribution < 1.29 is 0 Å². The molecule has 0 spiro atoms. The highest BCUT2D eigenvalue weighted by Crippen LogP contribution is 1.92. The van der Waals surface area contributed by atoms with Crippen molar-refractivity contribution in [2.45, 2.75) is 0 Å². The second kappa shape index (κ2) is 5.24. The fourth-order valence-corrected chi connectivity index (χ4v) is 0.510. The smallest absolute Gasteiger partial charge is 0.231 e. The molecule has 0 bridgehead atoms. The molecule has 0 aliphatic carbocycles. The van der Waals surface area contributed by atoms with Gasteiger partial charge in [0, 0.05) is 0 Å². The molecular formula is C4H6IN5S. The fourth-order valence-electron chi connectivity index (χ4n) is 0.410. The molecule has 0 atom stereocenters. The molecule has 0 amide bonds. The lowest BCUT2D eigenvalue weighted by molar-refractivity contribution is 1.06. The van der Waals surface area contributed by atoms with Crippen LogP contribution in [0.3, 0.4) is 0 Å². The van der Waals surface area contributed by atoms with E-state index in [9.17, 15) is 0 Å². The van der Waals surface area contributed by atoms with Gasteiger partial charge >= 0.3 is 0 Å². The van der Waals surface area contributed by atoms with Crippen LogP contribution in [-0.2, 0) is 0 Å². The Kier molecular flexibility index (Phi) is 5.03. The van der Waals surface area contributed by atoms with Crippen LogP contribution in [0, 0.1) is 5.41 Å². The third-order valence-corrected chi connectivity index (χ3v) is 0.835. The maximum atomic E-state index is 6.88. The van der Waals surface area contributed by atoms with Crippen molar-refractivity contribution in [1.29, 1.82) is 5.41 Å². The Morgan fingerprint density at radius 3 is 2.45 bits per heavy atom. The molecule has 1 heterocycles. The third-order valence-electron chi connectivity index (χ3n) is 0.724. The SMILES string of the molecule is I.N=C(S)Nc1ncncn1. The van der Waals surface area contributed by atoms with Crippen LogP contribution in [0.4, 0.5) is 5.95 Å². The summed E-state index contributed by atoms with van der Waals surface area (Å²) in [6.45, 7) is 0. The number of nitrogens with one attached hydrogen (secondary N) is 2. The molecule has 7 heteroatoms. The third kappa shape index (κ3) is 4.09. The van der Waals surface area contributed by atoms with Gasteiger partial charge in [0.1, 0.15) is 12.7 Å². The minimum absolute atomic E-state index is 0. The van der Waals surface area contributed by atoms with E-state index >= 15 is 0 Å². The molecule has 0 unspecified atom stereocenters. The number of hydrogen-bond donors (Lipinski definition) is 3. The van der Waals surface area contributed by atoms with Crippen molar-refractivity contribution in [2.24, 2.45) is 0 Å². The van der Waals surface area contributed by atoms with Crippen LogP contribution in [-0.4, -0.2) is 20.1 Å². The number of nitrogens with zero attached hydrogens (tertiary/aromatic N) is 3. The molecule has 0 aliphatic heterocycles. The van der Waals surface area contributed by atoms with E-state index < -0.39 is 0 Å². The number of aromatic nitrogens is 3. The van der Waals surface area contributed by atoms with E-state index in [1.54, 1.807) is 0 Å². The zero-order valence-corrected chi connectivity index (χ0v) is 8.58. The Morgan fingerprint density at radius 1 is 1.45 bits per heavy atom. The summed E-state index contributed by atoms with van der Waals surface area (Å²) in [5.41, 5.74) is 0. The quantitative estimate of drug-likeness (QED) is 0.308. The van der Waals surface area contributed by atoms with Crippen LogP contribution in [0.1, 0.15) is 0 Å². The summed E-state index contributed by atoms with van der Waals surface area (Å²) in [5.74, 6) is 0.329. The highest BCUT2D eigenvalue weighted by molar-refractivity contribution is 14.0. The molecule has 0 radical (unpaired) electrons. The van der Waals surface area contributed by atoms with Crippen molar-refractivity contribution in [1.82, 2.24) is 15.0 Å². The average molecular weight is 283 g/mol. The molecule has 0 aromatic carbocycles. The summed E-state index contributed by atoms with van der Waals surface area (Å²) in [5, 5.41) is 9.38. The van der Waals surface area contributed by atoms with Gasteiger partial charge in [0.25, 0.3) is 0 Å². The predicted molar refractivity (Wildman–Crippen MR) is 55.6 cm³/mol. The Balaban J connectivity index is 0.000001000. The number of halogens is 1.